The fourth-order valence-corrected chi connectivity index (χ4v) is 3.63. The van der Waals surface area contributed by atoms with Crippen LogP contribution >= 0.6 is 11.3 Å². The van der Waals surface area contributed by atoms with Crippen molar-refractivity contribution in [3.63, 3.8) is 0 Å². The van der Waals surface area contributed by atoms with E-state index in [1.807, 2.05) is 0 Å². The normalized spacial score (nSPS) is 16.8. The smallest absolute Gasteiger partial charge is 0.183 e. The first-order valence-corrected chi connectivity index (χ1v) is 7.49. The molecule has 1 N–H and O–H groups in total. The Morgan fingerprint density at radius 2 is 2.15 bits per heavy atom. The first-order chi connectivity index (χ1) is 9.79. The summed E-state index contributed by atoms with van der Waals surface area (Å²) in [6, 6.07) is 13.3. The van der Waals surface area contributed by atoms with Crippen LogP contribution in [0.15, 0.2) is 42.5 Å². The molecule has 1 atom stereocenters. The minimum absolute atomic E-state index is 0.208. The van der Waals surface area contributed by atoms with Gasteiger partial charge in [0.2, 0.25) is 0 Å². The highest BCUT2D eigenvalue weighted by Crippen LogP contribution is 2.35. The summed E-state index contributed by atoms with van der Waals surface area (Å²) in [4.78, 5) is 4.48. The first-order valence-electron chi connectivity index (χ1n) is 6.67. The van der Waals surface area contributed by atoms with Crippen molar-refractivity contribution >= 4 is 26.7 Å². The van der Waals surface area contributed by atoms with Gasteiger partial charge < -0.3 is 5.32 Å². The number of halogens is 1. The van der Waals surface area contributed by atoms with Gasteiger partial charge in [0.1, 0.15) is 5.82 Å². The number of hydrogen-bond donors (Lipinski definition) is 1. The molecule has 100 valence electrons. The van der Waals surface area contributed by atoms with Gasteiger partial charge in [0, 0.05) is 12.5 Å². The number of rotatable bonds is 3. The molecule has 0 saturated heterocycles. The topological polar surface area (TPSA) is 24.9 Å². The quantitative estimate of drug-likeness (QED) is 0.780. The fourth-order valence-electron chi connectivity index (χ4n) is 2.73. The predicted octanol–water partition coefficient (Wildman–Crippen LogP) is 4.19. The van der Waals surface area contributed by atoms with Gasteiger partial charge in [-0.3, -0.25) is 0 Å². The van der Waals surface area contributed by atoms with E-state index in [1.165, 1.54) is 34.6 Å². The molecule has 1 aliphatic rings. The lowest BCUT2D eigenvalue weighted by Gasteiger charge is -2.30. The standard InChI is InChI=1S/C16H13FN2S/c17-12-5-6-14-15(8-12)20-16(19-14)18-9-11-7-10-3-1-2-4-13(10)11/h1-6,8,11H,7,9H2,(H,18,19). The molecule has 0 aliphatic heterocycles. The van der Waals surface area contributed by atoms with Crippen LogP contribution in [0.2, 0.25) is 0 Å². The average molecular weight is 284 g/mol. The van der Waals surface area contributed by atoms with E-state index in [0.29, 0.717) is 5.92 Å². The number of thiazole rings is 1. The Morgan fingerprint density at radius 1 is 1.25 bits per heavy atom. The van der Waals surface area contributed by atoms with Gasteiger partial charge in [-0.25, -0.2) is 9.37 Å². The van der Waals surface area contributed by atoms with Gasteiger partial charge in [-0.15, -0.1) is 0 Å². The lowest BCUT2D eigenvalue weighted by Crippen LogP contribution is -2.24. The Morgan fingerprint density at radius 3 is 3.05 bits per heavy atom. The third-order valence-corrected chi connectivity index (χ3v) is 4.79. The first kappa shape index (κ1) is 11.9. The van der Waals surface area contributed by atoms with Crippen molar-refractivity contribution in [2.45, 2.75) is 12.3 Å². The second-order valence-electron chi connectivity index (χ2n) is 5.11. The summed E-state index contributed by atoms with van der Waals surface area (Å²) in [5, 5.41) is 4.25. The summed E-state index contributed by atoms with van der Waals surface area (Å²) in [6.07, 6.45) is 1.13. The molecule has 0 saturated carbocycles. The monoisotopic (exact) mass is 284 g/mol. The minimum Gasteiger partial charge on any atom is -0.361 e. The van der Waals surface area contributed by atoms with Crippen molar-refractivity contribution in [3.8, 4) is 0 Å². The zero-order valence-corrected chi connectivity index (χ0v) is 11.6. The van der Waals surface area contributed by atoms with E-state index in [4.69, 9.17) is 0 Å². The Bertz CT molecular complexity index is 781. The molecule has 2 aromatic carbocycles. The fraction of sp³-hybridized carbons (Fsp3) is 0.188. The van der Waals surface area contributed by atoms with Crippen molar-refractivity contribution in [3.05, 3.63) is 59.4 Å². The van der Waals surface area contributed by atoms with Crippen LogP contribution in [0.1, 0.15) is 17.0 Å². The average Bonchev–Trinajstić information content (AvgIpc) is 2.81. The Kier molecular flexibility index (Phi) is 2.70. The zero-order valence-electron chi connectivity index (χ0n) is 10.8. The van der Waals surface area contributed by atoms with Crippen LogP contribution < -0.4 is 5.32 Å². The van der Waals surface area contributed by atoms with Gasteiger partial charge in [-0.05, 0) is 35.7 Å². The van der Waals surface area contributed by atoms with Gasteiger partial charge >= 0.3 is 0 Å². The number of hydrogen-bond acceptors (Lipinski definition) is 3. The van der Waals surface area contributed by atoms with Gasteiger partial charge in [0.25, 0.3) is 0 Å². The summed E-state index contributed by atoms with van der Waals surface area (Å²) in [7, 11) is 0. The van der Waals surface area contributed by atoms with Crippen LogP contribution in [-0.2, 0) is 6.42 Å². The van der Waals surface area contributed by atoms with Crippen molar-refractivity contribution in [1.82, 2.24) is 4.98 Å². The minimum atomic E-state index is -0.208. The van der Waals surface area contributed by atoms with E-state index in [-0.39, 0.29) is 5.82 Å². The summed E-state index contributed by atoms with van der Waals surface area (Å²) < 4.78 is 14.0. The van der Waals surface area contributed by atoms with E-state index < -0.39 is 0 Å². The van der Waals surface area contributed by atoms with Crippen molar-refractivity contribution in [1.29, 1.82) is 0 Å². The van der Waals surface area contributed by atoms with Gasteiger partial charge in [-0.1, -0.05) is 35.6 Å². The molecular weight excluding hydrogens is 271 g/mol. The van der Waals surface area contributed by atoms with Crippen LogP contribution in [-0.4, -0.2) is 11.5 Å². The highest BCUT2D eigenvalue weighted by molar-refractivity contribution is 7.22. The van der Waals surface area contributed by atoms with E-state index in [2.05, 4.69) is 34.6 Å². The number of aromatic nitrogens is 1. The third-order valence-electron chi connectivity index (χ3n) is 3.81. The van der Waals surface area contributed by atoms with Crippen molar-refractivity contribution in [2.24, 2.45) is 0 Å². The highest BCUT2D eigenvalue weighted by atomic mass is 32.1. The molecule has 20 heavy (non-hydrogen) atoms. The molecule has 1 unspecified atom stereocenters. The second-order valence-corrected chi connectivity index (χ2v) is 6.14. The lowest BCUT2D eigenvalue weighted by atomic mass is 9.78. The molecule has 2 nitrogen and oxygen atoms in total. The third kappa shape index (κ3) is 1.96. The molecule has 0 spiro atoms. The van der Waals surface area contributed by atoms with Gasteiger partial charge in [-0.2, -0.15) is 0 Å². The maximum Gasteiger partial charge on any atom is 0.183 e. The SMILES string of the molecule is Fc1ccc2nc(NCC3Cc4ccccc43)sc2c1. The zero-order chi connectivity index (χ0) is 13.5. The summed E-state index contributed by atoms with van der Waals surface area (Å²) >= 11 is 1.51. The van der Waals surface area contributed by atoms with Crippen LogP contribution in [0.4, 0.5) is 9.52 Å². The summed E-state index contributed by atoms with van der Waals surface area (Å²) in [5.74, 6) is 0.357. The molecule has 1 aromatic heterocycles. The largest absolute Gasteiger partial charge is 0.361 e. The summed E-state index contributed by atoms with van der Waals surface area (Å²) in [5.41, 5.74) is 3.74. The van der Waals surface area contributed by atoms with E-state index in [9.17, 15) is 4.39 Å². The van der Waals surface area contributed by atoms with E-state index in [0.717, 1.165) is 28.3 Å². The maximum atomic E-state index is 13.1. The van der Waals surface area contributed by atoms with Crippen molar-refractivity contribution < 1.29 is 4.39 Å². The molecule has 0 radical (unpaired) electrons. The Labute approximate surface area is 120 Å². The number of nitrogens with zero attached hydrogens (tertiary/aromatic N) is 1. The molecule has 3 aromatic rings. The Balaban J connectivity index is 1.49. The molecule has 4 heteroatoms. The second kappa shape index (κ2) is 4.56. The number of anilines is 1. The van der Waals surface area contributed by atoms with Gasteiger partial charge in [0.15, 0.2) is 5.13 Å². The van der Waals surface area contributed by atoms with Crippen LogP contribution in [0.3, 0.4) is 0 Å². The molecule has 0 fully saturated rings. The van der Waals surface area contributed by atoms with Crippen molar-refractivity contribution in [2.75, 3.05) is 11.9 Å². The number of benzene rings is 2. The van der Waals surface area contributed by atoms with Crippen LogP contribution in [0.25, 0.3) is 10.2 Å². The van der Waals surface area contributed by atoms with Crippen LogP contribution in [0, 0.1) is 5.82 Å². The lowest BCUT2D eigenvalue weighted by molar-refractivity contribution is 0.630. The number of nitrogens with one attached hydrogen (secondary N) is 1. The number of fused-ring (bicyclic) bond motifs is 2. The van der Waals surface area contributed by atoms with Gasteiger partial charge in [0.05, 0.1) is 10.2 Å². The van der Waals surface area contributed by atoms with E-state index >= 15 is 0 Å². The Hall–Kier alpha value is -1.94. The maximum absolute atomic E-state index is 13.1. The highest BCUT2D eigenvalue weighted by Gasteiger charge is 2.25. The molecule has 0 amide bonds. The van der Waals surface area contributed by atoms with E-state index in [1.54, 1.807) is 6.07 Å². The molecule has 4 rings (SSSR count). The summed E-state index contributed by atoms with van der Waals surface area (Å²) in [6.45, 7) is 0.888. The molecule has 0 bridgehead atoms. The predicted molar refractivity (Wildman–Crippen MR) is 81.0 cm³/mol. The molecule has 1 heterocycles. The molecular formula is C16H13FN2S. The molecule has 1 aliphatic carbocycles. The van der Waals surface area contributed by atoms with Crippen LogP contribution in [0.5, 0.6) is 0 Å².